The topological polar surface area (TPSA) is 26.3 Å². The van der Waals surface area contributed by atoms with Crippen molar-refractivity contribution < 1.29 is 9.53 Å². The van der Waals surface area contributed by atoms with Crippen LogP contribution in [0.5, 0.6) is 0 Å². The summed E-state index contributed by atoms with van der Waals surface area (Å²) in [5.74, 6) is -0.212. The van der Waals surface area contributed by atoms with Gasteiger partial charge in [0.25, 0.3) is 0 Å². The molecule has 0 aliphatic heterocycles. The van der Waals surface area contributed by atoms with Crippen LogP contribution in [0.25, 0.3) is 0 Å². The molecule has 0 saturated heterocycles. The largest absolute Gasteiger partial charge is 0.465 e. The van der Waals surface area contributed by atoms with Crippen LogP contribution in [-0.2, 0) is 17.6 Å². The number of esters is 1. The van der Waals surface area contributed by atoms with E-state index in [0.29, 0.717) is 0 Å². The first-order valence-corrected chi connectivity index (χ1v) is 6.23. The lowest BCUT2D eigenvalue weighted by atomic mass is 9.96. The van der Waals surface area contributed by atoms with E-state index in [1.807, 2.05) is 0 Å². The Balaban J connectivity index is 2.47. The summed E-state index contributed by atoms with van der Waals surface area (Å²) in [7, 11) is 1.43. The molecule has 0 aromatic carbocycles. The minimum absolute atomic E-state index is 0.212. The number of halogens is 1. The van der Waals surface area contributed by atoms with Crippen LogP contribution in [0.4, 0.5) is 0 Å². The summed E-state index contributed by atoms with van der Waals surface area (Å²) in [6.45, 7) is 0. The predicted octanol–water partition coefficient (Wildman–Crippen LogP) is 3.18. The molecule has 1 aliphatic rings. The van der Waals surface area contributed by atoms with Crippen molar-refractivity contribution in [3.63, 3.8) is 0 Å². The fourth-order valence-corrected chi connectivity index (χ4v) is 3.92. The van der Waals surface area contributed by atoms with Crippen LogP contribution in [-0.4, -0.2) is 13.1 Å². The van der Waals surface area contributed by atoms with Crippen molar-refractivity contribution in [2.24, 2.45) is 0 Å². The summed E-state index contributed by atoms with van der Waals surface area (Å²) in [5.41, 5.74) is 1.96. The number of hydrogen-bond acceptors (Lipinski definition) is 3. The summed E-state index contributed by atoms with van der Waals surface area (Å²) >= 11 is 5.11. The molecule has 0 bridgehead atoms. The van der Waals surface area contributed by atoms with Crippen LogP contribution in [0.3, 0.4) is 0 Å². The number of thiophene rings is 1. The van der Waals surface area contributed by atoms with E-state index >= 15 is 0 Å². The van der Waals surface area contributed by atoms with Crippen molar-refractivity contribution in [2.45, 2.75) is 25.7 Å². The van der Waals surface area contributed by atoms with Gasteiger partial charge in [0.2, 0.25) is 0 Å². The first kappa shape index (κ1) is 10.2. The Morgan fingerprint density at radius 1 is 1.43 bits per heavy atom. The summed E-state index contributed by atoms with van der Waals surface area (Å²) in [6.07, 6.45) is 4.54. The average molecular weight is 275 g/mol. The van der Waals surface area contributed by atoms with Crippen LogP contribution in [0.2, 0.25) is 0 Å². The highest BCUT2D eigenvalue weighted by Crippen LogP contribution is 2.37. The van der Waals surface area contributed by atoms with Crippen LogP contribution < -0.4 is 0 Å². The Kier molecular flexibility index (Phi) is 2.93. The van der Waals surface area contributed by atoms with Gasteiger partial charge in [-0.15, -0.1) is 11.3 Å². The fourth-order valence-electron chi connectivity index (χ4n) is 1.84. The molecular formula is C10H11BrO2S. The smallest absolute Gasteiger partial charge is 0.340 e. The van der Waals surface area contributed by atoms with E-state index in [-0.39, 0.29) is 5.97 Å². The van der Waals surface area contributed by atoms with Crippen LogP contribution in [0, 0.1) is 0 Å². The van der Waals surface area contributed by atoms with E-state index < -0.39 is 0 Å². The maximum absolute atomic E-state index is 11.5. The minimum atomic E-state index is -0.212. The summed E-state index contributed by atoms with van der Waals surface area (Å²) in [6, 6.07) is 0. The average Bonchev–Trinajstić information content (AvgIpc) is 2.53. The number of fused-ring (bicyclic) bond motifs is 1. The molecule has 14 heavy (non-hydrogen) atoms. The molecule has 0 fully saturated rings. The summed E-state index contributed by atoms with van der Waals surface area (Å²) in [4.78, 5) is 12.9. The SMILES string of the molecule is COC(=O)c1c(Br)sc2c1CCCC2. The zero-order valence-corrected chi connectivity index (χ0v) is 10.3. The molecular weight excluding hydrogens is 264 g/mol. The van der Waals surface area contributed by atoms with E-state index in [2.05, 4.69) is 15.9 Å². The minimum Gasteiger partial charge on any atom is -0.465 e. The number of rotatable bonds is 1. The molecule has 2 rings (SSSR count). The molecule has 4 heteroatoms. The highest BCUT2D eigenvalue weighted by atomic mass is 79.9. The van der Waals surface area contributed by atoms with Gasteiger partial charge in [0.15, 0.2) is 0 Å². The van der Waals surface area contributed by atoms with Gasteiger partial charge >= 0.3 is 5.97 Å². The molecule has 0 saturated carbocycles. The standard InChI is InChI=1S/C10H11BrO2S/c1-13-10(12)8-6-4-2-3-5-7(6)14-9(8)11/h2-5H2,1H3. The van der Waals surface area contributed by atoms with Crippen molar-refractivity contribution in [1.82, 2.24) is 0 Å². The summed E-state index contributed by atoms with van der Waals surface area (Å²) in [5, 5.41) is 0. The quantitative estimate of drug-likeness (QED) is 0.736. The predicted molar refractivity (Wildman–Crippen MR) is 60.0 cm³/mol. The second-order valence-electron chi connectivity index (χ2n) is 3.35. The van der Waals surface area contributed by atoms with E-state index in [1.54, 1.807) is 11.3 Å². The Morgan fingerprint density at radius 3 is 2.86 bits per heavy atom. The van der Waals surface area contributed by atoms with Gasteiger partial charge in [0.05, 0.1) is 16.5 Å². The maximum atomic E-state index is 11.5. The Bertz CT molecular complexity index is 370. The van der Waals surface area contributed by atoms with Gasteiger partial charge in [0, 0.05) is 4.88 Å². The Hall–Kier alpha value is -0.350. The van der Waals surface area contributed by atoms with E-state index in [1.165, 1.54) is 30.4 Å². The zero-order valence-electron chi connectivity index (χ0n) is 7.93. The molecule has 0 unspecified atom stereocenters. The highest BCUT2D eigenvalue weighted by Gasteiger charge is 2.24. The molecule has 0 spiro atoms. The number of methoxy groups -OCH3 is 1. The van der Waals surface area contributed by atoms with Crippen molar-refractivity contribution in [3.8, 4) is 0 Å². The van der Waals surface area contributed by atoms with Gasteiger partial charge in [0.1, 0.15) is 0 Å². The first-order valence-electron chi connectivity index (χ1n) is 4.62. The van der Waals surface area contributed by atoms with E-state index in [9.17, 15) is 4.79 Å². The van der Waals surface area contributed by atoms with Gasteiger partial charge in [-0.05, 0) is 47.2 Å². The molecule has 2 nitrogen and oxygen atoms in total. The Morgan fingerprint density at radius 2 is 2.14 bits per heavy atom. The molecule has 76 valence electrons. The molecule has 1 heterocycles. The van der Waals surface area contributed by atoms with E-state index in [4.69, 9.17) is 4.74 Å². The number of ether oxygens (including phenoxy) is 1. The first-order chi connectivity index (χ1) is 6.74. The molecule has 1 aliphatic carbocycles. The molecule has 1 aromatic heterocycles. The second kappa shape index (κ2) is 4.03. The number of hydrogen-bond donors (Lipinski definition) is 0. The van der Waals surface area contributed by atoms with Gasteiger partial charge in [-0.25, -0.2) is 4.79 Å². The molecule has 0 atom stereocenters. The molecule has 0 amide bonds. The third-order valence-electron chi connectivity index (χ3n) is 2.52. The van der Waals surface area contributed by atoms with Gasteiger partial charge in [-0.1, -0.05) is 0 Å². The van der Waals surface area contributed by atoms with Gasteiger partial charge in [-0.2, -0.15) is 0 Å². The van der Waals surface area contributed by atoms with Crippen LogP contribution in [0.1, 0.15) is 33.6 Å². The van der Waals surface area contributed by atoms with Crippen molar-refractivity contribution in [1.29, 1.82) is 0 Å². The monoisotopic (exact) mass is 274 g/mol. The number of carbonyl (C=O) groups is 1. The van der Waals surface area contributed by atoms with E-state index in [0.717, 1.165) is 22.2 Å². The number of aryl methyl sites for hydroxylation is 1. The van der Waals surface area contributed by atoms with Crippen LogP contribution >= 0.6 is 27.3 Å². The Labute approximate surface area is 95.4 Å². The second-order valence-corrected chi connectivity index (χ2v) is 5.77. The number of carbonyl (C=O) groups excluding carboxylic acids is 1. The maximum Gasteiger partial charge on any atom is 0.340 e. The molecule has 1 aromatic rings. The normalized spacial score (nSPS) is 15.0. The lowest BCUT2D eigenvalue weighted by Crippen LogP contribution is -2.07. The third kappa shape index (κ3) is 1.61. The fraction of sp³-hybridized carbons (Fsp3) is 0.500. The zero-order chi connectivity index (χ0) is 10.1. The van der Waals surface area contributed by atoms with Crippen molar-refractivity contribution >= 4 is 33.2 Å². The molecule has 0 N–H and O–H groups in total. The van der Waals surface area contributed by atoms with Crippen molar-refractivity contribution in [3.05, 3.63) is 19.8 Å². The lowest BCUT2D eigenvalue weighted by Gasteiger charge is -2.11. The third-order valence-corrected chi connectivity index (χ3v) is 4.48. The van der Waals surface area contributed by atoms with Gasteiger partial charge < -0.3 is 4.74 Å². The lowest BCUT2D eigenvalue weighted by molar-refractivity contribution is 0.0599. The van der Waals surface area contributed by atoms with Crippen LogP contribution in [0.15, 0.2) is 3.79 Å². The highest BCUT2D eigenvalue weighted by molar-refractivity contribution is 9.11. The van der Waals surface area contributed by atoms with Crippen molar-refractivity contribution in [2.75, 3.05) is 7.11 Å². The molecule has 0 radical (unpaired) electrons. The van der Waals surface area contributed by atoms with Gasteiger partial charge in [-0.3, -0.25) is 0 Å². The summed E-state index contributed by atoms with van der Waals surface area (Å²) < 4.78 is 5.71.